The molecule has 1 saturated heterocycles. The van der Waals surface area contributed by atoms with Crippen molar-refractivity contribution in [3.63, 3.8) is 0 Å². The van der Waals surface area contributed by atoms with Crippen LogP contribution in [0.3, 0.4) is 0 Å². The smallest absolute Gasteiger partial charge is 0.161 e. The molecule has 3 rings (SSSR count). The minimum absolute atomic E-state index is 0.0541. The summed E-state index contributed by atoms with van der Waals surface area (Å²) in [6, 6.07) is 8.04. The van der Waals surface area contributed by atoms with Crippen LogP contribution in [-0.2, 0) is 4.74 Å². The minimum Gasteiger partial charge on any atom is -0.394 e. The monoisotopic (exact) mass is 433 g/mol. The molecule has 1 fully saturated rings. The van der Waals surface area contributed by atoms with E-state index in [1.807, 2.05) is 74.6 Å². The largest absolute Gasteiger partial charge is 0.394 e. The number of hydrogen-bond acceptors (Lipinski definition) is 7. The number of hydrogen-bond donors (Lipinski definition) is 2. The van der Waals surface area contributed by atoms with Crippen LogP contribution in [0.1, 0.15) is 18.1 Å². The zero-order valence-electron chi connectivity index (χ0n) is 19.2. The Hall–Kier alpha value is -3.29. The van der Waals surface area contributed by atoms with Gasteiger partial charge in [0.15, 0.2) is 5.82 Å². The van der Waals surface area contributed by atoms with Gasteiger partial charge in [0, 0.05) is 39.1 Å². The maximum absolute atomic E-state index is 9.92. The third-order valence-corrected chi connectivity index (χ3v) is 5.14. The molecule has 0 bridgehead atoms. The summed E-state index contributed by atoms with van der Waals surface area (Å²) in [7, 11) is 5.69. The van der Waals surface area contributed by atoms with E-state index in [0.717, 1.165) is 28.0 Å². The highest BCUT2D eigenvalue weighted by Gasteiger charge is 2.39. The Morgan fingerprint density at radius 2 is 2.16 bits per heavy atom. The van der Waals surface area contributed by atoms with Gasteiger partial charge in [-0.2, -0.15) is 0 Å². The molecule has 2 heterocycles. The molecule has 7 nitrogen and oxygen atoms in total. The van der Waals surface area contributed by atoms with E-state index in [9.17, 15) is 5.11 Å². The van der Waals surface area contributed by atoms with Gasteiger partial charge >= 0.3 is 0 Å². The molecule has 0 saturated carbocycles. The van der Waals surface area contributed by atoms with Crippen LogP contribution >= 0.6 is 0 Å². The maximum atomic E-state index is 9.92. The van der Waals surface area contributed by atoms with Gasteiger partial charge in [-0.1, -0.05) is 36.9 Å². The first-order valence-corrected chi connectivity index (χ1v) is 10.5. The lowest BCUT2D eigenvalue weighted by Crippen LogP contribution is -2.59. The topological polar surface area (TPSA) is 82.9 Å². The van der Waals surface area contributed by atoms with E-state index in [4.69, 9.17) is 9.72 Å². The number of aliphatic hydroxyl groups excluding tert-OH is 1. The standard InChI is InChI=1S/C25H31N5O2/c1-6-9-22(26-3)21-13-27-23(28-24(21)29-25(15-31)16-32-17-25)20-11-8-10-19(12-20)18(7-2)14-30(4)5/h6-14,31H,2,15-17H2,1,3-5H3,(H,27,28,29)/b9-6-,18-14+,26-22?. The van der Waals surface area contributed by atoms with Gasteiger partial charge in [0.2, 0.25) is 0 Å². The fourth-order valence-corrected chi connectivity index (χ4v) is 3.41. The highest BCUT2D eigenvalue weighted by molar-refractivity contribution is 6.11. The average Bonchev–Trinajstić information content (AvgIpc) is 2.78. The van der Waals surface area contributed by atoms with E-state index in [-0.39, 0.29) is 6.61 Å². The molecule has 0 aliphatic carbocycles. The zero-order valence-corrected chi connectivity index (χ0v) is 19.2. The summed E-state index contributed by atoms with van der Waals surface area (Å²) in [4.78, 5) is 15.8. The molecule has 168 valence electrons. The molecule has 0 spiro atoms. The third-order valence-electron chi connectivity index (χ3n) is 5.14. The Balaban J connectivity index is 2.07. The average molecular weight is 434 g/mol. The van der Waals surface area contributed by atoms with Gasteiger partial charge in [0.1, 0.15) is 11.4 Å². The number of ether oxygens (including phenoxy) is 1. The highest BCUT2D eigenvalue weighted by Crippen LogP contribution is 2.28. The summed E-state index contributed by atoms with van der Waals surface area (Å²) in [5.74, 6) is 1.19. The summed E-state index contributed by atoms with van der Waals surface area (Å²) in [6.07, 6.45) is 9.46. The van der Waals surface area contributed by atoms with Gasteiger partial charge in [-0.3, -0.25) is 4.99 Å². The Kier molecular flexibility index (Phi) is 7.56. The number of anilines is 1. The van der Waals surface area contributed by atoms with E-state index in [1.165, 1.54) is 0 Å². The number of rotatable bonds is 9. The van der Waals surface area contributed by atoms with Gasteiger partial charge in [-0.25, -0.2) is 9.97 Å². The van der Waals surface area contributed by atoms with Crippen LogP contribution in [0.5, 0.6) is 0 Å². The van der Waals surface area contributed by atoms with Crippen molar-refractivity contribution in [2.75, 3.05) is 46.3 Å². The van der Waals surface area contributed by atoms with Crippen LogP contribution in [0.25, 0.3) is 17.0 Å². The van der Waals surface area contributed by atoms with Gasteiger partial charge in [-0.15, -0.1) is 0 Å². The molecule has 0 unspecified atom stereocenters. The lowest BCUT2D eigenvalue weighted by atomic mass is 9.98. The molecular weight excluding hydrogens is 402 g/mol. The first-order valence-electron chi connectivity index (χ1n) is 10.5. The van der Waals surface area contributed by atoms with Crippen LogP contribution in [0, 0.1) is 0 Å². The Labute approximate surface area is 189 Å². The van der Waals surface area contributed by atoms with E-state index in [2.05, 4.69) is 21.9 Å². The fourth-order valence-electron chi connectivity index (χ4n) is 3.41. The first-order chi connectivity index (χ1) is 15.4. The van der Waals surface area contributed by atoms with Crippen LogP contribution < -0.4 is 5.32 Å². The summed E-state index contributed by atoms with van der Waals surface area (Å²) >= 11 is 0. The number of nitrogens with one attached hydrogen (secondary N) is 1. The lowest BCUT2D eigenvalue weighted by molar-refractivity contribution is -0.0651. The molecule has 1 aromatic heterocycles. The van der Waals surface area contributed by atoms with E-state index in [0.29, 0.717) is 24.9 Å². The molecule has 32 heavy (non-hydrogen) atoms. The molecule has 2 N–H and O–H groups in total. The number of aliphatic imine (C=N–C) groups is 1. The second-order valence-electron chi connectivity index (χ2n) is 7.95. The Bertz CT molecular complexity index is 1050. The van der Waals surface area contributed by atoms with Crippen LogP contribution in [0.15, 0.2) is 66.5 Å². The van der Waals surface area contributed by atoms with Gasteiger partial charge < -0.3 is 20.1 Å². The summed E-state index contributed by atoms with van der Waals surface area (Å²) in [5.41, 5.74) is 3.88. The number of benzene rings is 1. The molecule has 1 aliphatic heterocycles. The quantitative estimate of drug-likeness (QED) is 0.466. The van der Waals surface area contributed by atoms with Crippen molar-refractivity contribution in [1.29, 1.82) is 0 Å². The zero-order chi connectivity index (χ0) is 23.1. The number of aromatic nitrogens is 2. The molecule has 0 amide bonds. The van der Waals surface area contributed by atoms with Crippen molar-refractivity contribution in [2.45, 2.75) is 12.5 Å². The first kappa shape index (κ1) is 23.4. The van der Waals surface area contributed by atoms with Crippen molar-refractivity contribution >= 4 is 17.1 Å². The van der Waals surface area contributed by atoms with Crippen molar-refractivity contribution in [3.05, 3.63) is 72.6 Å². The van der Waals surface area contributed by atoms with E-state index < -0.39 is 5.54 Å². The lowest BCUT2D eigenvalue weighted by Gasteiger charge is -2.41. The predicted molar refractivity (Wildman–Crippen MR) is 131 cm³/mol. The summed E-state index contributed by atoms with van der Waals surface area (Å²) in [5, 5.41) is 13.3. The Morgan fingerprint density at radius 3 is 2.72 bits per heavy atom. The normalized spacial score (nSPS) is 16.0. The molecule has 1 aliphatic rings. The van der Waals surface area contributed by atoms with Gasteiger partial charge in [-0.05, 0) is 30.2 Å². The fraction of sp³-hybridized carbons (Fsp3) is 0.320. The number of aliphatic hydroxyl groups is 1. The van der Waals surface area contributed by atoms with Gasteiger partial charge in [0.25, 0.3) is 0 Å². The van der Waals surface area contributed by atoms with Crippen LogP contribution in [0.2, 0.25) is 0 Å². The van der Waals surface area contributed by atoms with Crippen molar-refractivity contribution < 1.29 is 9.84 Å². The number of nitrogens with zero attached hydrogens (tertiary/aromatic N) is 4. The van der Waals surface area contributed by atoms with Crippen molar-refractivity contribution in [2.24, 2.45) is 4.99 Å². The van der Waals surface area contributed by atoms with E-state index >= 15 is 0 Å². The SMILES string of the molecule is C=C/C(=C\N(C)C)c1cccc(-c2ncc(C(/C=C\C)=NC)c(NC3(CO)COC3)n2)c1. The number of allylic oxidation sites excluding steroid dienone is 4. The maximum Gasteiger partial charge on any atom is 0.161 e. The molecule has 1 aromatic carbocycles. The molecular formula is C25H31N5O2. The van der Waals surface area contributed by atoms with Crippen molar-refractivity contribution in [3.8, 4) is 11.4 Å². The second-order valence-corrected chi connectivity index (χ2v) is 7.95. The minimum atomic E-state index is -0.554. The second kappa shape index (κ2) is 10.3. The summed E-state index contributed by atoms with van der Waals surface area (Å²) < 4.78 is 5.35. The van der Waals surface area contributed by atoms with E-state index in [1.54, 1.807) is 13.2 Å². The van der Waals surface area contributed by atoms with Gasteiger partial charge in [0.05, 0.1) is 31.1 Å². The molecule has 0 atom stereocenters. The predicted octanol–water partition coefficient (Wildman–Crippen LogP) is 3.40. The van der Waals surface area contributed by atoms with Crippen LogP contribution in [0.4, 0.5) is 5.82 Å². The van der Waals surface area contributed by atoms with Crippen LogP contribution in [-0.4, -0.2) is 72.2 Å². The molecule has 0 radical (unpaired) electrons. The van der Waals surface area contributed by atoms with Crippen molar-refractivity contribution in [1.82, 2.24) is 14.9 Å². The molecule has 7 heteroatoms. The summed E-state index contributed by atoms with van der Waals surface area (Å²) in [6.45, 7) is 6.65. The Morgan fingerprint density at radius 1 is 1.38 bits per heavy atom. The third kappa shape index (κ3) is 5.12. The highest BCUT2D eigenvalue weighted by atomic mass is 16.5. The molecule has 2 aromatic rings.